The highest BCUT2D eigenvalue weighted by atomic mass is 35.5. The van der Waals surface area contributed by atoms with E-state index in [1.54, 1.807) is 30.5 Å². The maximum Gasteiger partial charge on any atom is 0.257 e. The van der Waals surface area contributed by atoms with Gasteiger partial charge in [0.05, 0.1) is 44.2 Å². The van der Waals surface area contributed by atoms with Crippen LogP contribution in [0.15, 0.2) is 49.4 Å². The predicted octanol–water partition coefficient (Wildman–Crippen LogP) is 5.94. The third-order valence-electron chi connectivity index (χ3n) is 9.84. The van der Waals surface area contributed by atoms with E-state index >= 15 is 0 Å². The van der Waals surface area contributed by atoms with Crippen LogP contribution in [0.4, 0.5) is 11.6 Å². The number of aromatic nitrogens is 7. The maximum absolute atomic E-state index is 6.50. The van der Waals surface area contributed by atoms with Crippen molar-refractivity contribution < 1.29 is 18.9 Å². The number of methoxy groups -OCH3 is 1. The van der Waals surface area contributed by atoms with Gasteiger partial charge in [0.2, 0.25) is 5.95 Å². The van der Waals surface area contributed by atoms with E-state index in [2.05, 4.69) is 48.1 Å². The molecular weight excluding hydrogens is 646 g/mol. The summed E-state index contributed by atoms with van der Waals surface area (Å²) >= 11 is 6.50. The van der Waals surface area contributed by atoms with E-state index < -0.39 is 0 Å². The molecule has 3 fully saturated rings. The first kappa shape index (κ1) is 33.7. The molecule has 0 amide bonds. The van der Waals surface area contributed by atoms with E-state index in [9.17, 15) is 0 Å². The molecule has 2 bridgehead atoms. The Kier molecular flexibility index (Phi) is 10.3. The average molecular weight is 692 g/mol. The number of benzene rings is 1. The molecule has 1 aromatic carbocycles. The summed E-state index contributed by atoms with van der Waals surface area (Å²) in [6, 6.07) is 6.49. The molecule has 49 heavy (non-hydrogen) atoms. The minimum absolute atomic E-state index is 0.168. The third kappa shape index (κ3) is 7.40. The number of nitrogens with one attached hydrogen (secondary N) is 1. The zero-order chi connectivity index (χ0) is 33.8. The van der Waals surface area contributed by atoms with Crippen molar-refractivity contribution in [3.8, 4) is 22.8 Å². The molecule has 2 saturated heterocycles. The first-order valence-corrected chi connectivity index (χ1v) is 17.8. The number of anilines is 2. The fraction of sp³-hybridized carbons (Fsp3) is 0.571. The molecule has 0 radical (unpaired) electrons. The number of hydrogen-bond acceptors (Lipinski definition) is 11. The van der Waals surface area contributed by atoms with Crippen LogP contribution < -0.4 is 14.8 Å². The summed E-state index contributed by atoms with van der Waals surface area (Å²) in [6.07, 6.45) is 16.7. The lowest BCUT2D eigenvalue weighted by molar-refractivity contribution is -0.125. The molecule has 0 spiro atoms. The van der Waals surface area contributed by atoms with Crippen LogP contribution in [-0.4, -0.2) is 91.1 Å². The second-order valence-corrected chi connectivity index (χ2v) is 14.1. The molecule has 7 rings (SSSR count). The summed E-state index contributed by atoms with van der Waals surface area (Å²) in [5.41, 5.74) is 2.25. The van der Waals surface area contributed by atoms with Gasteiger partial charge in [-0.1, -0.05) is 31.0 Å². The topological polar surface area (TPSA) is 127 Å². The van der Waals surface area contributed by atoms with Gasteiger partial charge in [-0.15, -0.1) is 5.10 Å². The number of nitrogens with zero attached hydrogens (tertiary/aromatic N) is 8. The molecule has 1 N–H and O–H groups in total. The van der Waals surface area contributed by atoms with Gasteiger partial charge in [-0.25, -0.2) is 24.3 Å². The maximum atomic E-state index is 6.50. The molecule has 4 aromatic rings. The van der Waals surface area contributed by atoms with E-state index in [0.717, 1.165) is 42.9 Å². The van der Waals surface area contributed by atoms with E-state index in [0.29, 0.717) is 54.4 Å². The Hall–Kier alpha value is -3.78. The van der Waals surface area contributed by atoms with Crippen LogP contribution in [0.2, 0.25) is 5.02 Å². The van der Waals surface area contributed by atoms with Crippen molar-refractivity contribution >= 4 is 23.2 Å². The summed E-state index contributed by atoms with van der Waals surface area (Å²) in [7, 11) is 1.71. The van der Waals surface area contributed by atoms with Crippen molar-refractivity contribution in [1.82, 2.24) is 39.4 Å². The monoisotopic (exact) mass is 691 g/mol. The van der Waals surface area contributed by atoms with Crippen molar-refractivity contribution in [2.45, 2.75) is 89.2 Å². The van der Waals surface area contributed by atoms with Crippen molar-refractivity contribution in [2.24, 2.45) is 5.92 Å². The van der Waals surface area contributed by atoms with Crippen LogP contribution in [0, 0.1) is 5.92 Å². The highest BCUT2D eigenvalue weighted by molar-refractivity contribution is 6.32. The van der Waals surface area contributed by atoms with Crippen LogP contribution in [0.5, 0.6) is 11.6 Å². The second kappa shape index (κ2) is 15.0. The second-order valence-electron chi connectivity index (χ2n) is 13.6. The van der Waals surface area contributed by atoms with Crippen LogP contribution in [-0.2, 0) is 21.7 Å². The van der Waals surface area contributed by atoms with Crippen LogP contribution in [0.25, 0.3) is 11.1 Å². The number of halogens is 1. The van der Waals surface area contributed by atoms with Gasteiger partial charge in [-0.05, 0) is 63.1 Å². The van der Waals surface area contributed by atoms with Gasteiger partial charge in [0.15, 0.2) is 0 Å². The van der Waals surface area contributed by atoms with Gasteiger partial charge in [0.25, 0.3) is 5.88 Å². The zero-order valence-electron chi connectivity index (χ0n) is 28.5. The molecule has 2 aliphatic heterocycles. The van der Waals surface area contributed by atoms with E-state index in [1.807, 2.05) is 25.1 Å². The molecule has 4 atom stereocenters. The minimum atomic E-state index is -0.212. The molecule has 13 nitrogen and oxygen atoms in total. The summed E-state index contributed by atoms with van der Waals surface area (Å²) < 4.78 is 27.8. The van der Waals surface area contributed by atoms with E-state index in [1.165, 1.54) is 38.4 Å². The lowest BCUT2D eigenvalue weighted by Gasteiger charge is -2.51. The first-order chi connectivity index (χ1) is 23.9. The zero-order valence-corrected chi connectivity index (χ0v) is 29.3. The predicted molar refractivity (Wildman–Crippen MR) is 185 cm³/mol. The van der Waals surface area contributed by atoms with Crippen molar-refractivity contribution in [3.63, 3.8) is 0 Å². The Morgan fingerprint density at radius 3 is 2.53 bits per heavy atom. The molecule has 262 valence electrons. The molecule has 14 heteroatoms. The number of hydrogen-bond donors (Lipinski definition) is 1. The average Bonchev–Trinajstić information content (AvgIpc) is 3.84. The van der Waals surface area contributed by atoms with Gasteiger partial charge >= 0.3 is 0 Å². The van der Waals surface area contributed by atoms with Crippen LogP contribution in [0.1, 0.15) is 58.8 Å². The Bertz CT molecular complexity index is 1650. The third-order valence-corrected chi connectivity index (χ3v) is 10.2. The Morgan fingerprint density at radius 1 is 1.04 bits per heavy atom. The smallest absolute Gasteiger partial charge is 0.257 e. The van der Waals surface area contributed by atoms with E-state index in [-0.39, 0.29) is 17.7 Å². The SMILES string of the molecule is COCC(C)COc1nn(C2(N3[C@@H]4CC[C@H]3COC4)CCCCC2)cc1Nc1ncc(-c2ccc(Cl)c(O[C@@H](C)Cn3cncn3)c2)cn1. The van der Waals surface area contributed by atoms with Gasteiger partial charge in [-0.3, -0.25) is 4.90 Å². The number of rotatable bonds is 14. The van der Waals surface area contributed by atoms with Crippen molar-refractivity contribution in [1.29, 1.82) is 0 Å². The molecule has 3 aliphatic rings. The molecule has 3 aromatic heterocycles. The Labute approximate surface area is 292 Å². The standard InChI is InChI=1S/C35H46ClN9O4/c1-24(18-46-3)19-48-33-31(17-44(42-33)35(11-5-4-6-12-35)45-28-8-9-29(45)21-47-20-28)41-34-38-14-27(15-39-34)26-7-10-30(36)32(13-26)49-25(2)16-43-23-37-22-40-43/h7,10,13-15,17,22-25,28-29H,4-6,8-9,11-12,16,18-21H2,1-3H3,(H,38,39,41)/t24?,25-,28-,29+/m0/s1. The van der Waals surface area contributed by atoms with Crippen molar-refractivity contribution in [2.75, 3.05) is 38.9 Å². The van der Waals surface area contributed by atoms with Crippen LogP contribution >= 0.6 is 11.6 Å². The molecule has 1 unspecified atom stereocenters. The number of ether oxygens (including phenoxy) is 4. The lowest BCUT2D eigenvalue weighted by atomic mass is 9.86. The Morgan fingerprint density at radius 2 is 1.82 bits per heavy atom. The summed E-state index contributed by atoms with van der Waals surface area (Å²) in [5, 5.41) is 13.3. The molecule has 1 aliphatic carbocycles. The summed E-state index contributed by atoms with van der Waals surface area (Å²) in [5.74, 6) is 1.78. The lowest BCUT2D eigenvalue weighted by Crippen LogP contribution is -2.60. The Balaban J connectivity index is 1.12. The van der Waals surface area contributed by atoms with Gasteiger partial charge in [0, 0.05) is 43.1 Å². The highest BCUT2D eigenvalue weighted by Gasteiger charge is 2.51. The normalized spacial score (nSPS) is 21.7. The van der Waals surface area contributed by atoms with Gasteiger partial charge in [0.1, 0.15) is 35.9 Å². The minimum Gasteiger partial charge on any atom is -0.487 e. The van der Waals surface area contributed by atoms with E-state index in [4.69, 9.17) is 35.6 Å². The fourth-order valence-electron chi connectivity index (χ4n) is 7.63. The molecule has 1 saturated carbocycles. The molecule has 5 heterocycles. The first-order valence-electron chi connectivity index (χ1n) is 17.4. The van der Waals surface area contributed by atoms with Crippen molar-refractivity contribution in [3.05, 3.63) is 54.5 Å². The van der Waals surface area contributed by atoms with Crippen LogP contribution in [0.3, 0.4) is 0 Å². The molecular formula is C35H46ClN9O4. The largest absolute Gasteiger partial charge is 0.487 e. The summed E-state index contributed by atoms with van der Waals surface area (Å²) in [4.78, 5) is 16.1. The number of morpholine rings is 1. The highest BCUT2D eigenvalue weighted by Crippen LogP contribution is 2.47. The quantitative estimate of drug-likeness (QED) is 0.169. The van der Waals surface area contributed by atoms with Gasteiger partial charge in [-0.2, -0.15) is 5.10 Å². The number of fused-ring (bicyclic) bond motifs is 2. The summed E-state index contributed by atoms with van der Waals surface area (Å²) in [6.45, 7) is 7.27. The van der Waals surface area contributed by atoms with Gasteiger partial charge < -0.3 is 24.3 Å². The fourth-order valence-corrected chi connectivity index (χ4v) is 7.79.